The fraction of sp³-hybridized carbons (Fsp3) is 0.562. The second-order valence-corrected chi connectivity index (χ2v) is 6.65. The minimum atomic E-state index is 0. The molecule has 1 saturated heterocycles. The van der Waals surface area contributed by atoms with E-state index < -0.39 is 0 Å². The van der Waals surface area contributed by atoms with Gasteiger partial charge in [-0.15, -0.1) is 12.4 Å². The summed E-state index contributed by atoms with van der Waals surface area (Å²) in [5, 5.41) is 4.38. The lowest BCUT2D eigenvalue weighted by molar-refractivity contribution is -0.138. The Balaban J connectivity index is 0.00000242. The number of benzene rings is 1. The summed E-state index contributed by atoms with van der Waals surface area (Å²) in [5.74, 6) is 0.383. The quantitative estimate of drug-likeness (QED) is 0.869. The van der Waals surface area contributed by atoms with Crippen LogP contribution in [-0.4, -0.2) is 29.9 Å². The number of piperidine rings is 1. The van der Waals surface area contributed by atoms with Gasteiger partial charge in [0, 0.05) is 18.5 Å². The van der Waals surface area contributed by atoms with Crippen molar-refractivity contribution < 1.29 is 4.79 Å². The van der Waals surface area contributed by atoms with Gasteiger partial charge in [-0.1, -0.05) is 29.3 Å². The SMILES string of the molecule is CC(C)N(Cc1ccc(Cl)c(Cl)c1)C(=O)C1CCNCC1.Cl. The summed E-state index contributed by atoms with van der Waals surface area (Å²) < 4.78 is 0. The van der Waals surface area contributed by atoms with Crippen LogP contribution in [0.1, 0.15) is 32.3 Å². The van der Waals surface area contributed by atoms with Crippen LogP contribution >= 0.6 is 35.6 Å². The van der Waals surface area contributed by atoms with Gasteiger partial charge in [-0.3, -0.25) is 4.79 Å². The molecule has 1 aromatic rings. The van der Waals surface area contributed by atoms with Crippen LogP contribution < -0.4 is 5.32 Å². The van der Waals surface area contributed by atoms with Gasteiger partial charge < -0.3 is 10.2 Å². The first kappa shape index (κ1) is 19.6. The number of amides is 1. The summed E-state index contributed by atoms with van der Waals surface area (Å²) in [6.07, 6.45) is 1.84. The van der Waals surface area contributed by atoms with Crippen LogP contribution in [0.15, 0.2) is 18.2 Å². The summed E-state index contributed by atoms with van der Waals surface area (Å²) in [6.45, 7) is 6.54. The molecule has 3 nitrogen and oxygen atoms in total. The molecular formula is C16H23Cl3N2O. The summed E-state index contributed by atoms with van der Waals surface area (Å²) in [4.78, 5) is 14.7. The monoisotopic (exact) mass is 364 g/mol. The Hall–Kier alpha value is -0.480. The predicted octanol–water partition coefficient (Wildman–Crippen LogP) is 4.15. The smallest absolute Gasteiger partial charge is 0.226 e. The summed E-state index contributed by atoms with van der Waals surface area (Å²) in [5.41, 5.74) is 1.01. The molecule has 1 fully saturated rings. The first-order chi connectivity index (χ1) is 9.99. The highest BCUT2D eigenvalue weighted by molar-refractivity contribution is 6.42. The van der Waals surface area contributed by atoms with Crippen LogP contribution in [0.25, 0.3) is 0 Å². The molecule has 1 amide bonds. The van der Waals surface area contributed by atoms with E-state index in [2.05, 4.69) is 19.2 Å². The van der Waals surface area contributed by atoms with Gasteiger partial charge in [0.1, 0.15) is 0 Å². The van der Waals surface area contributed by atoms with E-state index in [1.54, 1.807) is 6.07 Å². The van der Waals surface area contributed by atoms with Gasteiger partial charge in [-0.25, -0.2) is 0 Å². The Bertz CT molecular complexity index is 502. The Morgan fingerprint density at radius 3 is 2.45 bits per heavy atom. The molecule has 0 aromatic heterocycles. The maximum Gasteiger partial charge on any atom is 0.226 e. The van der Waals surface area contributed by atoms with Crippen molar-refractivity contribution in [3.05, 3.63) is 33.8 Å². The molecule has 1 aromatic carbocycles. The van der Waals surface area contributed by atoms with Crippen LogP contribution in [-0.2, 0) is 11.3 Å². The molecule has 6 heteroatoms. The molecule has 1 aliphatic heterocycles. The van der Waals surface area contributed by atoms with Crippen LogP contribution in [0.5, 0.6) is 0 Å². The number of nitrogens with one attached hydrogen (secondary N) is 1. The minimum absolute atomic E-state index is 0. The number of hydrogen-bond acceptors (Lipinski definition) is 2. The number of rotatable bonds is 4. The Kier molecular flexibility index (Phi) is 7.98. The highest BCUT2D eigenvalue weighted by Gasteiger charge is 2.27. The van der Waals surface area contributed by atoms with Gasteiger partial charge in [0.15, 0.2) is 0 Å². The van der Waals surface area contributed by atoms with E-state index in [0.717, 1.165) is 31.5 Å². The van der Waals surface area contributed by atoms with Crippen LogP contribution in [0, 0.1) is 5.92 Å². The molecule has 0 spiro atoms. The van der Waals surface area contributed by atoms with Crippen LogP contribution in [0.3, 0.4) is 0 Å². The molecule has 0 atom stereocenters. The predicted molar refractivity (Wildman–Crippen MR) is 95.0 cm³/mol. The van der Waals surface area contributed by atoms with E-state index in [1.807, 2.05) is 17.0 Å². The molecule has 0 unspecified atom stereocenters. The van der Waals surface area contributed by atoms with Crippen molar-refractivity contribution in [1.29, 1.82) is 0 Å². The Morgan fingerprint density at radius 1 is 1.27 bits per heavy atom. The average molecular weight is 366 g/mol. The Morgan fingerprint density at radius 2 is 1.91 bits per heavy atom. The van der Waals surface area contributed by atoms with Gasteiger partial charge in [-0.2, -0.15) is 0 Å². The highest BCUT2D eigenvalue weighted by Crippen LogP contribution is 2.25. The third-order valence-corrected chi connectivity index (χ3v) is 4.67. The van der Waals surface area contributed by atoms with Crippen molar-refractivity contribution >= 4 is 41.5 Å². The lowest BCUT2D eigenvalue weighted by Gasteiger charge is -2.32. The number of nitrogens with zero attached hydrogens (tertiary/aromatic N) is 1. The van der Waals surface area contributed by atoms with Crippen molar-refractivity contribution in [1.82, 2.24) is 10.2 Å². The second kappa shape index (κ2) is 8.97. The fourth-order valence-electron chi connectivity index (χ4n) is 2.65. The van der Waals surface area contributed by atoms with E-state index >= 15 is 0 Å². The van der Waals surface area contributed by atoms with Crippen LogP contribution in [0.4, 0.5) is 0 Å². The van der Waals surface area contributed by atoms with Crippen molar-refractivity contribution in [2.75, 3.05) is 13.1 Å². The van der Waals surface area contributed by atoms with Crippen LogP contribution in [0.2, 0.25) is 10.0 Å². The molecule has 0 bridgehead atoms. The number of halogens is 3. The first-order valence-electron chi connectivity index (χ1n) is 7.44. The van der Waals surface area contributed by atoms with E-state index in [9.17, 15) is 4.79 Å². The first-order valence-corrected chi connectivity index (χ1v) is 8.19. The highest BCUT2D eigenvalue weighted by atomic mass is 35.5. The van der Waals surface area contributed by atoms with Crippen molar-refractivity contribution in [2.24, 2.45) is 5.92 Å². The van der Waals surface area contributed by atoms with Gasteiger partial charge in [-0.05, 0) is 57.5 Å². The zero-order valence-electron chi connectivity index (χ0n) is 12.9. The van der Waals surface area contributed by atoms with Gasteiger partial charge in [0.05, 0.1) is 10.0 Å². The summed E-state index contributed by atoms with van der Waals surface area (Å²) >= 11 is 12.0. The molecule has 124 valence electrons. The van der Waals surface area contributed by atoms with E-state index in [1.165, 1.54) is 0 Å². The number of hydrogen-bond donors (Lipinski definition) is 1. The molecular weight excluding hydrogens is 343 g/mol. The Labute approximate surface area is 148 Å². The second-order valence-electron chi connectivity index (χ2n) is 5.83. The molecule has 0 aliphatic carbocycles. The van der Waals surface area contributed by atoms with Crippen molar-refractivity contribution in [3.63, 3.8) is 0 Å². The molecule has 0 radical (unpaired) electrons. The number of carbonyl (C=O) groups excluding carboxylic acids is 1. The maximum absolute atomic E-state index is 12.7. The maximum atomic E-state index is 12.7. The average Bonchev–Trinajstić information content (AvgIpc) is 2.48. The molecule has 22 heavy (non-hydrogen) atoms. The zero-order chi connectivity index (χ0) is 15.4. The normalized spacial score (nSPS) is 15.5. The molecule has 1 heterocycles. The fourth-order valence-corrected chi connectivity index (χ4v) is 2.97. The third-order valence-electron chi connectivity index (χ3n) is 3.93. The summed E-state index contributed by atoms with van der Waals surface area (Å²) in [7, 11) is 0. The standard InChI is InChI=1S/C16H22Cl2N2O.ClH/c1-11(2)20(16(21)13-5-7-19-8-6-13)10-12-3-4-14(17)15(18)9-12;/h3-4,9,11,13,19H,5-8,10H2,1-2H3;1H. The lowest BCUT2D eigenvalue weighted by Crippen LogP contribution is -2.43. The topological polar surface area (TPSA) is 32.3 Å². The number of carbonyl (C=O) groups is 1. The van der Waals surface area contributed by atoms with E-state index in [-0.39, 0.29) is 30.3 Å². The summed E-state index contributed by atoms with van der Waals surface area (Å²) in [6, 6.07) is 5.72. The van der Waals surface area contributed by atoms with Gasteiger partial charge >= 0.3 is 0 Å². The van der Waals surface area contributed by atoms with E-state index in [4.69, 9.17) is 23.2 Å². The van der Waals surface area contributed by atoms with Gasteiger partial charge in [0.2, 0.25) is 5.91 Å². The molecule has 2 rings (SSSR count). The zero-order valence-corrected chi connectivity index (χ0v) is 15.3. The largest absolute Gasteiger partial charge is 0.336 e. The molecule has 1 N–H and O–H groups in total. The lowest BCUT2D eigenvalue weighted by atomic mass is 9.95. The van der Waals surface area contributed by atoms with E-state index in [0.29, 0.717) is 16.6 Å². The van der Waals surface area contributed by atoms with Crippen molar-refractivity contribution in [2.45, 2.75) is 39.3 Å². The van der Waals surface area contributed by atoms with Crippen molar-refractivity contribution in [3.8, 4) is 0 Å². The van der Waals surface area contributed by atoms with Gasteiger partial charge in [0.25, 0.3) is 0 Å². The molecule has 1 aliphatic rings. The molecule has 0 saturated carbocycles. The third kappa shape index (κ3) is 5.02. The minimum Gasteiger partial charge on any atom is -0.336 e.